The van der Waals surface area contributed by atoms with Crippen LogP contribution in [0.25, 0.3) is 12.2 Å². The molecule has 1 aliphatic rings. The van der Waals surface area contributed by atoms with Crippen LogP contribution in [0.1, 0.15) is 11.1 Å². The molecule has 9 nitrogen and oxygen atoms in total. The molecule has 0 saturated heterocycles. The van der Waals surface area contributed by atoms with E-state index in [2.05, 4.69) is 9.84 Å². The standard InChI is InChI=1S/C33H22N4O5/c34-21-30(41-22-38)19-24-11-15-27(16-12-24)36(26-7-3-1-4-8-26)28-17-13-25(14-18-28)20-31-32(42-23-39)35-37(33(31)40)29-9-5-2-6-10-29/h1-20,22-23H. The van der Waals surface area contributed by atoms with Crippen LogP contribution >= 0.6 is 0 Å². The van der Waals surface area contributed by atoms with Crippen molar-refractivity contribution >= 4 is 59.7 Å². The van der Waals surface area contributed by atoms with Crippen molar-refractivity contribution in [1.29, 1.82) is 5.26 Å². The van der Waals surface area contributed by atoms with E-state index in [1.165, 1.54) is 11.1 Å². The number of carbonyl (C=O) groups excluding carboxylic acids is 3. The second-order valence-corrected chi connectivity index (χ2v) is 8.82. The van der Waals surface area contributed by atoms with Gasteiger partial charge in [-0.3, -0.25) is 14.4 Å². The van der Waals surface area contributed by atoms with Crippen LogP contribution in [-0.2, 0) is 23.9 Å². The third-order valence-electron chi connectivity index (χ3n) is 6.22. The Balaban J connectivity index is 1.46. The van der Waals surface area contributed by atoms with Crippen molar-refractivity contribution in [2.24, 2.45) is 5.10 Å². The first-order valence-electron chi connectivity index (χ1n) is 12.7. The maximum absolute atomic E-state index is 13.2. The van der Waals surface area contributed by atoms with Gasteiger partial charge in [-0.05, 0) is 71.8 Å². The van der Waals surface area contributed by atoms with E-state index < -0.39 is 5.91 Å². The predicted molar refractivity (Wildman–Crippen MR) is 158 cm³/mol. The molecule has 0 atom stereocenters. The van der Waals surface area contributed by atoms with E-state index in [0.717, 1.165) is 17.1 Å². The lowest BCUT2D eigenvalue weighted by Gasteiger charge is -2.25. The van der Waals surface area contributed by atoms with Gasteiger partial charge in [0.15, 0.2) is 0 Å². The molecule has 1 amide bonds. The molecule has 0 bridgehead atoms. The Kier molecular flexibility index (Phi) is 8.27. The third-order valence-corrected chi connectivity index (χ3v) is 6.22. The summed E-state index contributed by atoms with van der Waals surface area (Å²) in [4.78, 5) is 36.9. The van der Waals surface area contributed by atoms with Gasteiger partial charge in [0.05, 0.1) is 5.69 Å². The number of hydrogen-bond acceptors (Lipinski definition) is 8. The van der Waals surface area contributed by atoms with Gasteiger partial charge in [0.25, 0.3) is 24.7 Å². The van der Waals surface area contributed by atoms with Crippen molar-refractivity contribution in [3.05, 3.63) is 132 Å². The van der Waals surface area contributed by atoms with Crippen molar-refractivity contribution in [3.8, 4) is 6.07 Å². The van der Waals surface area contributed by atoms with Crippen LogP contribution in [0.3, 0.4) is 0 Å². The molecule has 0 unspecified atom stereocenters. The third kappa shape index (κ3) is 5.98. The highest BCUT2D eigenvalue weighted by atomic mass is 16.5. The minimum atomic E-state index is -0.416. The molecule has 204 valence electrons. The molecule has 0 spiro atoms. The van der Waals surface area contributed by atoms with Gasteiger partial charge in [-0.25, -0.2) is 0 Å². The Bertz CT molecular complexity index is 1720. The molecule has 4 aromatic rings. The van der Waals surface area contributed by atoms with Crippen molar-refractivity contribution in [1.82, 2.24) is 0 Å². The number of ether oxygens (including phenoxy) is 2. The zero-order valence-corrected chi connectivity index (χ0v) is 22.0. The molecule has 1 heterocycles. The topological polar surface area (TPSA) is 112 Å². The highest BCUT2D eigenvalue weighted by Gasteiger charge is 2.32. The molecule has 4 aromatic carbocycles. The molecule has 0 aromatic heterocycles. The normalized spacial score (nSPS) is 13.7. The van der Waals surface area contributed by atoms with Crippen molar-refractivity contribution in [2.75, 3.05) is 9.91 Å². The molecule has 0 N–H and O–H groups in total. The number of para-hydroxylation sites is 2. The number of anilines is 4. The van der Waals surface area contributed by atoms with E-state index in [0.29, 0.717) is 16.8 Å². The summed E-state index contributed by atoms with van der Waals surface area (Å²) < 4.78 is 9.70. The summed E-state index contributed by atoms with van der Waals surface area (Å²) in [5, 5.41) is 14.5. The molecule has 1 aliphatic heterocycles. The van der Waals surface area contributed by atoms with E-state index in [4.69, 9.17) is 10.00 Å². The lowest BCUT2D eigenvalue weighted by Crippen LogP contribution is -2.21. The van der Waals surface area contributed by atoms with E-state index in [1.54, 1.807) is 30.3 Å². The highest BCUT2D eigenvalue weighted by molar-refractivity contribution is 6.31. The average molecular weight is 555 g/mol. The largest absolute Gasteiger partial charge is 0.417 e. The molecular formula is C33H22N4O5. The van der Waals surface area contributed by atoms with Gasteiger partial charge in [-0.1, -0.05) is 60.7 Å². The molecule has 42 heavy (non-hydrogen) atoms. The molecule has 9 heteroatoms. The van der Waals surface area contributed by atoms with Crippen LogP contribution in [0.2, 0.25) is 0 Å². The zero-order valence-electron chi connectivity index (χ0n) is 22.0. The second-order valence-electron chi connectivity index (χ2n) is 8.82. The Morgan fingerprint density at radius 2 is 1.33 bits per heavy atom. The monoisotopic (exact) mass is 554 g/mol. The fraction of sp³-hybridized carbons (Fsp3) is 0. The van der Waals surface area contributed by atoms with Gasteiger partial charge >= 0.3 is 0 Å². The van der Waals surface area contributed by atoms with Crippen LogP contribution in [0, 0.1) is 11.3 Å². The Morgan fingerprint density at radius 3 is 1.90 bits per heavy atom. The molecule has 5 rings (SSSR count). The first-order chi connectivity index (χ1) is 20.6. The fourth-order valence-corrected chi connectivity index (χ4v) is 4.32. The van der Waals surface area contributed by atoms with Gasteiger partial charge in [0.1, 0.15) is 11.6 Å². The van der Waals surface area contributed by atoms with E-state index in [1.807, 2.05) is 95.9 Å². The highest BCUT2D eigenvalue weighted by Crippen LogP contribution is 2.35. The summed E-state index contributed by atoms with van der Waals surface area (Å²) >= 11 is 0. The maximum atomic E-state index is 13.2. The minimum absolute atomic E-state index is 0.0823. The number of carbonyl (C=O) groups is 3. The molecule has 0 aliphatic carbocycles. The first kappa shape index (κ1) is 27.3. The summed E-state index contributed by atoms with van der Waals surface area (Å²) in [6.45, 7) is 0.456. The first-order valence-corrected chi connectivity index (χ1v) is 12.7. The number of allylic oxidation sites excluding steroid dienone is 1. The summed E-state index contributed by atoms with van der Waals surface area (Å²) in [5.41, 5.74) is 4.69. The SMILES string of the molecule is N#CC(=Cc1ccc(N(c2ccccc2)c2ccc(C=C3C(=O)N(c4ccccc4)N=C3OC=O)cc2)cc1)OC=O. The summed E-state index contributed by atoms with van der Waals surface area (Å²) in [6.07, 6.45) is 3.10. The molecule has 0 saturated carbocycles. The summed E-state index contributed by atoms with van der Waals surface area (Å²) in [5.74, 6) is -0.608. The van der Waals surface area contributed by atoms with Gasteiger partial charge in [-0.2, -0.15) is 10.3 Å². The maximum Gasteiger partial charge on any atom is 0.299 e. The molecule has 0 radical (unpaired) electrons. The zero-order chi connectivity index (χ0) is 29.3. The van der Waals surface area contributed by atoms with Gasteiger partial charge < -0.3 is 14.4 Å². The summed E-state index contributed by atoms with van der Waals surface area (Å²) in [6, 6.07) is 35.4. The number of amides is 1. The fourth-order valence-electron chi connectivity index (χ4n) is 4.32. The second kappa shape index (κ2) is 12.7. The number of benzene rings is 4. The van der Waals surface area contributed by atoms with Crippen LogP contribution in [0.15, 0.2) is 126 Å². The van der Waals surface area contributed by atoms with E-state index >= 15 is 0 Å². The Labute approximate surface area is 241 Å². The van der Waals surface area contributed by atoms with Crippen LogP contribution in [-0.4, -0.2) is 24.7 Å². The predicted octanol–water partition coefficient (Wildman–Crippen LogP) is 6.11. The minimum Gasteiger partial charge on any atom is -0.417 e. The quantitative estimate of drug-likeness (QED) is 0.106. The van der Waals surface area contributed by atoms with Crippen LogP contribution < -0.4 is 9.91 Å². The Morgan fingerprint density at radius 1 is 0.762 bits per heavy atom. The smallest absolute Gasteiger partial charge is 0.299 e. The number of hydrazone groups is 1. The van der Waals surface area contributed by atoms with Gasteiger partial charge in [-0.15, -0.1) is 5.10 Å². The lowest BCUT2D eigenvalue weighted by atomic mass is 10.1. The van der Waals surface area contributed by atoms with Gasteiger partial charge in [0, 0.05) is 17.1 Å². The van der Waals surface area contributed by atoms with E-state index in [-0.39, 0.29) is 30.2 Å². The lowest BCUT2D eigenvalue weighted by molar-refractivity contribution is -0.124. The van der Waals surface area contributed by atoms with Crippen molar-refractivity contribution in [2.45, 2.75) is 0 Å². The number of hydrogen-bond donors (Lipinski definition) is 0. The van der Waals surface area contributed by atoms with Crippen LogP contribution in [0.5, 0.6) is 0 Å². The van der Waals surface area contributed by atoms with Gasteiger partial charge in [0.2, 0.25) is 5.76 Å². The molecular weight excluding hydrogens is 532 g/mol. The number of rotatable bonds is 9. The van der Waals surface area contributed by atoms with Crippen LogP contribution in [0.4, 0.5) is 22.7 Å². The Hall–Kier alpha value is -6.27. The average Bonchev–Trinajstić information content (AvgIpc) is 3.34. The van der Waals surface area contributed by atoms with E-state index in [9.17, 15) is 14.4 Å². The molecule has 0 fully saturated rings. The number of nitrogens with zero attached hydrogens (tertiary/aromatic N) is 4. The summed E-state index contributed by atoms with van der Waals surface area (Å²) in [7, 11) is 0. The number of nitriles is 1. The van der Waals surface area contributed by atoms with Crippen molar-refractivity contribution < 1.29 is 23.9 Å². The van der Waals surface area contributed by atoms with Crippen molar-refractivity contribution in [3.63, 3.8) is 0 Å².